The lowest BCUT2D eigenvalue weighted by molar-refractivity contribution is 0.0695. The fraction of sp³-hybridized carbons (Fsp3) is 0.364. The first kappa shape index (κ1) is 10.6. The molecule has 0 fully saturated rings. The second-order valence-corrected chi connectivity index (χ2v) is 3.41. The minimum absolute atomic E-state index is 0.177. The number of aromatic carboxylic acids is 1. The summed E-state index contributed by atoms with van der Waals surface area (Å²) in [5.74, 6) is -0.0220. The molecule has 14 heavy (non-hydrogen) atoms. The van der Waals surface area contributed by atoms with Crippen LogP contribution >= 0.6 is 0 Å². The lowest BCUT2D eigenvalue weighted by Crippen LogP contribution is -2.04. The first-order valence-corrected chi connectivity index (χ1v) is 4.47. The molecule has 0 bridgehead atoms. The van der Waals surface area contributed by atoms with E-state index >= 15 is 0 Å². The third kappa shape index (κ3) is 2.05. The SMILES string of the molecule is COc1ccc(C(=O)O)c(C(C)C)c1. The Hall–Kier alpha value is -1.51. The Kier molecular flexibility index (Phi) is 3.12. The van der Waals surface area contributed by atoms with Gasteiger partial charge in [-0.1, -0.05) is 13.8 Å². The molecule has 1 aromatic carbocycles. The molecule has 3 nitrogen and oxygen atoms in total. The van der Waals surface area contributed by atoms with Gasteiger partial charge >= 0.3 is 5.97 Å². The van der Waals surface area contributed by atoms with Crippen molar-refractivity contribution in [1.82, 2.24) is 0 Å². The first-order chi connectivity index (χ1) is 6.56. The van der Waals surface area contributed by atoms with E-state index < -0.39 is 5.97 Å². The molecule has 1 rings (SSSR count). The van der Waals surface area contributed by atoms with Crippen LogP contribution in [0.5, 0.6) is 5.75 Å². The largest absolute Gasteiger partial charge is 0.497 e. The van der Waals surface area contributed by atoms with Crippen LogP contribution in [-0.4, -0.2) is 18.2 Å². The number of benzene rings is 1. The van der Waals surface area contributed by atoms with Crippen molar-refractivity contribution in [3.63, 3.8) is 0 Å². The van der Waals surface area contributed by atoms with Crippen molar-refractivity contribution in [2.24, 2.45) is 0 Å². The Morgan fingerprint density at radius 3 is 2.50 bits per heavy atom. The van der Waals surface area contributed by atoms with Gasteiger partial charge in [-0.25, -0.2) is 4.79 Å². The standard InChI is InChI=1S/C11H14O3/c1-7(2)10-6-8(14-3)4-5-9(10)11(12)13/h4-7H,1-3H3,(H,12,13). The number of rotatable bonds is 3. The molecular weight excluding hydrogens is 180 g/mol. The van der Waals surface area contributed by atoms with E-state index in [1.165, 1.54) is 0 Å². The molecular formula is C11H14O3. The average Bonchev–Trinajstić information content (AvgIpc) is 2.16. The van der Waals surface area contributed by atoms with Crippen molar-refractivity contribution in [3.05, 3.63) is 29.3 Å². The zero-order valence-corrected chi connectivity index (χ0v) is 8.57. The highest BCUT2D eigenvalue weighted by molar-refractivity contribution is 5.89. The number of carbonyl (C=O) groups is 1. The lowest BCUT2D eigenvalue weighted by Gasteiger charge is -2.11. The molecule has 0 aliphatic rings. The van der Waals surface area contributed by atoms with Gasteiger partial charge in [-0.15, -0.1) is 0 Å². The van der Waals surface area contributed by atoms with Crippen molar-refractivity contribution in [3.8, 4) is 5.75 Å². The molecule has 0 saturated heterocycles. The summed E-state index contributed by atoms with van der Waals surface area (Å²) in [6.07, 6.45) is 0. The molecule has 0 unspecified atom stereocenters. The molecule has 0 aromatic heterocycles. The van der Waals surface area contributed by atoms with E-state index in [0.29, 0.717) is 11.3 Å². The molecule has 0 amide bonds. The summed E-state index contributed by atoms with van der Waals surface area (Å²) in [5, 5.41) is 8.94. The molecule has 3 heteroatoms. The number of ether oxygens (including phenoxy) is 1. The summed E-state index contributed by atoms with van der Waals surface area (Å²) in [6, 6.07) is 5.01. The van der Waals surface area contributed by atoms with Gasteiger partial charge in [-0.3, -0.25) is 0 Å². The van der Waals surface area contributed by atoms with Crippen molar-refractivity contribution in [1.29, 1.82) is 0 Å². The van der Waals surface area contributed by atoms with E-state index in [1.807, 2.05) is 13.8 Å². The van der Waals surface area contributed by atoms with Crippen LogP contribution in [0.1, 0.15) is 35.7 Å². The van der Waals surface area contributed by atoms with Crippen LogP contribution in [-0.2, 0) is 0 Å². The third-order valence-corrected chi connectivity index (χ3v) is 2.11. The maximum Gasteiger partial charge on any atom is 0.335 e. The molecule has 0 atom stereocenters. The molecule has 0 saturated carbocycles. The zero-order valence-electron chi connectivity index (χ0n) is 8.57. The lowest BCUT2D eigenvalue weighted by atomic mass is 9.97. The first-order valence-electron chi connectivity index (χ1n) is 4.47. The van der Waals surface area contributed by atoms with Crippen molar-refractivity contribution in [2.45, 2.75) is 19.8 Å². The fourth-order valence-corrected chi connectivity index (χ4v) is 1.34. The minimum atomic E-state index is -0.892. The van der Waals surface area contributed by atoms with Crippen LogP contribution in [0, 0.1) is 0 Å². The maximum atomic E-state index is 10.9. The summed E-state index contributed by atoms with van der Waals surface area (Å²) in [6.45, 7) is 3.92. The van der Waals surface area contributed by atoms with Gasteiger partial charge in [-0.05, 0) is 29.7 Å². The van der Waals surface area contributed by atoms with Crippen LogP contribution in [0.15, 0.2) is 18.2 Å². The minimum Gasteiger partial charge on any atom is -0.497 e. The van der Waals surface area contributed by atoms with E-state index in [4.69, 9.17) is 9.84 Å². The second kappa shape index (κ2) is 4.13. The summed E-state index contributed by atoms with van der Waals surface area (Å²) in [5.41, 5.74) is 1.15. The zero-order chi connectivity index (χ0) is 10.7. The monoisotopic (exact) mass is 194 g/mol. The maximum absolute atomic E-state index is 10.9. The average molecular weight is 194 g/mol. The van der Waals surface area contributed by atoms with Crippen LogP contribution < -0.4 is 4.74 Å². The summed E-state index contributed by atoms with van der Waals surface area (Å²) in [4.78, 5) is 10.9. The van der Waals surface area contributed by atoms with Crippen LogP contribution in [0.25, 0.3) is 0 Å². The molecule has 0 aliphatic heterocycles. The topological polar surface area (TPSA) is 46.5 Å². The van der Waals surface area contributed by atoms with Crippen LogP contribution in [0.3, 0.4) is 0 Å². The predicted octanol–water partition coefficient (Wildman–Crippen LogP) is 2.52. The van der Waals surface area contributed by atoms with Gasteiger partial charge in [0.05, 0.1) is 12.7 Å². The van der Waals surface area contributed by atoms with Crippen molar-refractivity contribution < 1.29 is 14.6 Å². The molecule has 0 spiro atoms. The van der Waals surface area contributed by atoms with E-state index in [0.717, 1.165) is 5.56 Å². The number of hydrogen-bond donors (Lipinski definition) is 1. The Morgan fingerprint density at radius 2 is 2.07 bits per heavy atom. The summed E-state index contributed by atoms with van der Waals surface area (Å²) < 4.78 is 5.05. The Bertz CT molecular complexity index is 342. The van der Waals surface area contributed by atoms with Gasteiger partial charge < -0.3 is 9.84 Å². The quantitative estimate of drug-likeness (QED) is 0.804. The molecule has 0 aliphatic carbocycles. The van der Waals surface area contributed by atoms with Gasteiger partial charge in [0, 0.05) is 0 Å². The Morgan fingerprint density at radius 1 is 1.43 bits per heavy atom. The predicted molar refractivity (Wildman–Crippen MR) is 54.0 cm³/mol. The van der Waals surface area contributed by atoms with Gasteiger partial charge in [0.15, 0.2) is 0 Å². The highest BCUT2D eigenvalue weighted by atomic mass is 16.5. The molecule has 0 radical (unpaired) electrons. The summed E-state index contributed by atoms with van der Waals surface area (Å²) in [7, 11) is 1.57. The van der Waals surface area contributed by atoms with Gasteiger partial charge in [-0.2, -0.15) is 0 Å². The number of carboxylic acids is 1. The molecule has 76 valence electrons. The van der Waals surface area contributed by atoms with E-state index in [2.05, 4.69) is 0 Å². The van der Waals surface area contributed by atoms with Crippen molar-refractivity contribution >= 4 is 5.97 Å². The van der Waals surface area contributed by atoms with Gasteiger partial charge in [0.25, 0.3) is 0 Å². The second-order valence-electron chi connectivity index (χ2n) is 3.41. The molecule has 1 N–H and O–H groups in total. The van der Waals surface area contributed by atoms with E-state index in [-0.39, 0.29) is 5.92 Å². The fourth-order valence-electron chi connectivity index (χ4n) is 1.34. The van der Waals surface area contributed by atoms with Gasteiger partial charge in [0.2, 0.25) is 0 Å². The number of carboxylic acid groups (broad SMARTS) is 1. The highest BCUT2D eigenvalue weighted by Gasteiger charge is 2.13. The Balaban J connectivity index is 3.24. The number of hydrogen-bond acceptors (Lipinski definition) is 2. The smallest absolute Gasteiger partial charge is 0.335 e. The highest BCUT2D eigenvalue weighted by Crippen LogP contribution is 2.24. The van der Waals surface area contributed by atoms with Crippen molar-refractivity contribution in [2.75, 3.05) is 7.11 Å². The normalized spacial score (nSPS) is 10.3. The Labute approximate surface area is 83.3 Å². The number of methoxy groups -OCH3 is 1. The van der Waals surface area contributed by atoms with E-state index in [1.54, 1.807) is 25.3 Å². The van der Waals surface area contributed by atoms with E-state index in [9.17, 15) is 4.79 Å². The summed E-state index contributed by atoms with van der Waals surface area (Å²) >= 11 is 0. The molecule has 0 heterocycles. The van der Waals surface area contributed by atoms with Crippen LogP contribution in [0.2, 0.25) is 0 Å². The van der Waals surface area contributed by atoms with Crippen LogP contribution in [0.4, 0.5) is 0 Å². The third-order valence-electron chi connectivity index (χ3n) is 2.11. The van der Waals surface area contributed by atoms with Gasteiger partial charge in [0.1, 0.15) is 5.75 Å². The molecule has 1 aromatic rings.